The highest BCUT2D eigenvalue weighted by Gasteiger charge is 2.09. The standard InChI is InChI=1S/C15H20BrN3/c1-15(2,3)17-8-12-9-18-19(10-12)11-13-6-4-5-7-14(13)16/h4-7,9-10,17H,8,11H2,1-3H3. The maximum Gasteiger partial charge on any atom is 0.0670 e. The van der Waals surface area contributed by atoms with Crippen LogP contribution in [-0.2, 0) is 13.1 Å². The smallest absolute Gasteiger partial charge is 0.0670 e. The van der Waals surface area contributed by atoms with Crippen molar-refractivity contribution in [3.63, 3.8) is 0 Å². The summed E-state index contributed by atoms with van der Waals surface area (Å²) in [5.74, 6) is 0. The fraction of sp³-hybridized carbons (Fsp3) is 0.400. The minimum atomic E-state index is 0.130. The van der Waals surface area contributed by atoms with Gasteiger partial charge in [-0.05, 0) is 32.4 Å². The summed E-state index contributed by atoms with van der Waals surface area (Å²) in [6, 6.07) is 8.24. The zero-order chi connectivity index (χ0) is 13.9. The molecular formula is C15H20BrN3. The first-order valence-corrected chi connectivity index (χ1v) is 7.23. The monoisotopic (exact) mass is 321 g/mol. The average Bonchev–Trinajstić information content (AvgIpc) is 2.77. The predicted molar refractivity (Wildman–Crippen MR) is 82.1 cm³/mol. The van der Waals surface area contributed by atoms with Crippen LogP contribution in [0.3, 0.4) is 0 Å². The Morgan fingerprint density at radius 3 is 2.68 bits per heavy atom. The molecule has 0 atom stereocenters. The van der Waals surface area contributed by atoms with Crippen LogP contribution in [0.4, 0.5) is 0 Å². The van der Waals surface area contributed by atoms with E-state index in [1.807, 2.05) is 23.0 Å². The van der Waals surface area contributed by atoms with Crippen LogP contribution >= 0.6 is 15.9 Å². The Labute approximate surface area is 123 Å². The molecule has 0 fully saturated rings. The Kier molecular flexibility index (Phi) is 4.42. The van der Waals surface area contributed by atoms with E-state index in [0.29, 0.717) is 0 Å². The van der Waals surface area contributed by atoms with Gasteiger partial charge < -0.3 is 5.32 Å². The zero-order valence-corrected chi connectivity index (χ0v) is 13.2. The van der Waals surface area contributed by atoms with Crippen molar-refractivity contribution in [1.29, 1.82) is 0 Å². The molecule has 3 nitrogen and oxygen atoms in total. The van der Waals surface area contributed by atoms with E-state index in [-0.39, 0.29) is 5.54 Å². The predicted octanol–water partition coefficient (Wildman–Crippen LogP) is 3.58. The molecule has 2 rings (SSSR count). The van der Waals surface area contributed by atoms with E-state index in [0.717, 1.165) is 17.6 Å². The van der Waals surface area contributed by atoms with E-state index in [1.165, 1.54) is 11.1 Å². The summed E-state index contributed by atoms with van der Waals surface area (Å²) >= 11 is 3.56. The van der Waals surface area contributed by atoms with Crippen LogP contribution in [0.2, 0.25) is 0 Å². The molecule has 0 radical (unpaired) electrons. The molecule has 4 heteroatoms. The van der Waals surface area contributed by atoms with Crippen LogP contribution in [0, 0.1) is 0 Å². The van der Waals surface area contributed by atoms with E-state index in [2.05, 4.69) is 65.4 Å². The van der Waals surface area contributed by atoms with Crippen LogP contribution in [0.5, 0.6) is 0 Å². The third-order valence-corrected chi connectivity index (χ3v) is 3.57. The lowest BCUT2D eigenvalue weighted by Crippen LogP contribution is -2.34. The van der Waals surface area contributed by atoms with Crippen molar-refractivity contribution in [2.24, 2.45) is 0 Å². The van der Waals surface area contributed by atoms with Crippen LogP contribution in [0.25, 0.3) is 0 Å². The normalized spacial score (nSPS) is 11.8. The van der Waals surface area contributed by atoms with Gasteiger partial charge in [0.05, 0.1) is 12.7 Å². The second-order valence-corrected chi connectivity index (χ2v) is 6.60. The maximum absolute atomic E-state index is 4.41. The molecule has 1 N–H and O–H groups in total. The number of benzene rings is 1. The highest BCUT2D eigenvalue weighted by Crippen LogP contribution is 2.17. The number of rotatable bonds is 4. The van der Waals surface area contributed by atoms with Crippen LogP contribution in [-0.4, -0.2) is 15.3 Å². The summed E-state index contributed by atoms with van der Waals surface area (Å²) in [5, 5.41) is 7.87. The fourth-order valence-electron chi connectivity index (χ4n) is 1.75. The van der Waals surface area contributed by atoms with Gasteiger partial charge >= 0.3 is 0 Å². The first-order valence-electron chi connectivity index (χ1n) is 6.44. The van der Waals surface area contributed by atoms with Crippen molar-refractivity contribution in [3.8, 4) is 0 Å². The minimum absolute atomic E-state index is 0.130. The first kappa shape index (κ1) is 14.3. The van der Waals surface area contributed by atoms with Gasteiger partial charge in [0.1, 0.15) is 0 Å². The third-order valence-electron chi connectivity index (χ3n) is 2.80. The molecule has 1 heterocycles. The van der Waals surface area contributed by atoms with Gasteiger partial charge in [-0.25, -0.2) is 0 Å². The lowest BCUT2D eigenvalue weighted by molar-refractivity contribution is 0.424. The topological polar surface area (TPSA) is 29.9 Å². The van der Waals surface area contributed by atoms with Crippen LogP contribution in [0.15, 0.2) is 41.1 Å². The summed E-state index contributed by atoms with van der Waals surface area (Å²) in [6.07, 6.45) is 4.02. The van der Waals surface area contributed by atoms with Gasteiger partial charge in [0, 0.05) is 28.3 Å². The highest BCUT2D eigenvalue weighted by molar-refractivity contribution is 9.10. The Balaban J connectivity index is 2.00. The van der Waals surface area contributed by atoms with Crippen molar-refractivity contribution in [1.82, 2.24) is 15.1 Å². The van der Waals surface area contributed by atoms with Crippen molar-refractivity contribution >= 4 is 15.9 Å². The zero-order valence-electron chi connectivity index (χ0n) is 11.7. The number of nitrogens with one attached hydrogen (secondary N) is 1. The Bertz CT molecular complexity index is 540. The Hall–Kier alpha value is -1.13. The van der Waals surface area contributed by atoms with E-state index >= 15 is 0 Å². The minimum Gasteiger partial charge on any atom is -0.308 e. The van der Waals surface area contributed by atoms with Gasteiger partial charge in [-0.1, -0.05) is 34.1 Å². The maximum atomic E-state index is 4.41. The molecule has 0 aliphatic heterocycles. The molecular weight excluding hydrogens is 302 g/mol. The molecule has 102 valence electrons. The van der Waals surface area contributed by atoms with Crippen molar-refractivity contribution in [2.45, 2.75) is 39.4 Å². The molecule has 19 heavy (non-hydrogen) atoms. The van der Waals surface area contributed by atoms with Gasteiger partial charge in [0.15, 0.2) is 0 Å². The number of hydrogen-bond acceptors (Lipinski definition) is 2. The first-order chi connectivity index (χ1) is 8.94. The molecule has 0 saturated carbocycles. The Morgan fingerprint density at radius 2 is 2.00 bits per heavy atom. The van der Waals surface area contributed by atoms with Gasteiger partial charge in [-0.15, -0.1) is 0 Å². The summed E-state index contributed by atoms with van der Waals surface area (Å²) in [5.41, 5.74) is 2.58. The van der Waals surface area contributed by atoms with Crippen molar-refractivity contribution in [3.05, 3.63) is 52.3 Å². The van der Waals surface area contributed by atoms with Crippen molar-refractivity contribution < 1.29 is 0 Å². The molecule has 1 aromatic carbocycles. The second kappa shape index (κ2) is 5.88. The summed E-state index contributed by atoms with van der Waals surface area (Å²) < 4.78 is 3.10. The summed E-state index contributed by atoms with van der Waals surface area (Å²) in [6.45, 7) is 8.13. The number of aromatic nitrogens is 2. The molecule has 0 unspecified atom stereocenters. The molecule has 0 bridgehead atoms. The number of hydrogen-bond donors (Lipinski definition) is 1. The largest absolute Gasteiger partial charge is 0.308 e. The van der Waals surface area contributed by atoms with Gasteiger partial charge in [0.25, 0.3) is 0 Å². The van der Waals surface area contributed by atoms with Gasteiger partial charge in [-0.3, -0.25) is 4.68 Å². The Morgan fingerprint density at radius 1 is 1.26 bits per heavy atom. The fourth-order valence-corrected chi connectivity index (χ4v) is 2.16. The van der Waals surface area contributed by atoms with Crippen molar-refractivity contribution in [2.75, 3.05) is 0 Å². The van der Waals surface area contributed by atoms with Crippen LogP contribution < -0.4 is 5.32 Å². The molecule has 0 spiro atoms. The third kappa shape index (κ3) is 4.48. The highest BCUT2D eigenvalue weighted by atomic mass is 79.9. The molecule has 0 aliphatic rings. The average molecular weight is 322 g/mol. The molecule has 0 saturated heterocycles. The van der Waals surface area contributed by atoms with Crippen LogP contribution in [0.1, 0.15) is 31.9 Å². The lowest BCUT2D eigenvalue weighted by Gasteiger charge is -2.19. The summed E-state index contributed by atoms with van der Waals surface area (Å²) in [7, 11) is 0. The number of halogens is 1. The molecule has 1 aromatic heterocycles. The molecule has 2 aromatic rings. The van der Waals surface area contributed by atoms with Gasteiger partial charge in [-0.2, -0.15) is 5.10 Å². The van der Waals surface area contributed by atoms with E-state index in [4.69, 9.17) is 0 Å². The summed E-state index contributed by atoms with van der Waals surface area (Å²) in [4.78, 5) is 0. The van der Waals surface area contributed by atoms with Gasteiger partial charge in [0.2, 0.25) is 0 Å². The van der Waals surface area contributed by atoms with E-state index in [1.54, 1.807) is 0 Å². The quantitative estimate of drug-likeness (QED) is 0.932. The second-order valence-electron chi connectivity index (χ2n) is 5.74. The SMILES string of the molecule is CC(C)(C)NCc1cnn(Cc2ccccc2Br)c1. The molecule has 0 aliphatic carbocycles. The molecule has 0 amide bonds. The lowest BCUT2D eigenvalue weighted by atomic mass is 10.1. The number of nitrogens with zero attached hydrogens (tertiary/aromatic N) is 2. The van der Waals surface area contributed by atoms with E-state index < -0.39 is 0 Å². The van der Waals surface area contributed by atoms with E-state index in [9.17, 15) is 0 Å².